The number of halogens is 1. The molecule has 0 atom stereocenters. The average Bonchev–Trinajstić information content (AvgIpc) is 2.70. The maximum atomic E-state index is 13.9. The molecule has 0 saturated heterocycles. The van der Waals surface area contributed by atoms with Gasteiger partial charge >= 0.3 is 0 Å². The number of sulfonamides is 1. The second-order valence-electron chi connectivity index (χ2n) is 6.37. The van der Waals surface area contributed by atoms with E-state index in [1.165, 1.54) is 54.6 Å². The number of hydrogen-bond donors (Lipinski definition) is 2. The zero-order valence-corrected chi connectivity index (χ0v) is 16.4. The number of carbonyl (C=O) groups excluding carboxylic acids is 1. The summed E-state index contributed by atoms with van der Waals surface area (Å²) < 4.78 is 41.1. The molecule has 8 nitrogen and oxygen atoms in total. The van der Waals surface area contributed by atoms with Crippen molar-refractivity contribution in [3.8, 4) is 0 Å². The molecule has 0 radical (unpaired) electrons. The van der Waals surface area contributed by atoms with Crippen LogP contribution >= 0.6 is 0 Å². The lowest BCUT2D eigenvalue weighted by Crippen LogP contribution is -2.15. The Labute approximate surface area is 171 Å². The van der Waals surface area contributed by atoms with E-state index in [-0.39, 0.29) is 27.5 Å². The van der Waals surface area contributed by atoms with Crippen molar-refractivity contribution < 1.29 is 22.5 Å². The number of nitro groups is 1. The van der Waals surface area contributed by atoms with Gasteiger partial charge in [0.1, 0.15) is 5.82 Å². The van der Waals surface area contributed by atoms with Crippen molar-refractivity contribution in [1.29, 1.82) is 0 Å². The first-order valence-corrected chi connectivity index (χ1v) is 10.1. The Bertz CT molecular complexity index is 1230. The molecule has 0 unspecified atom stereocenters. The highest BCUT2D eigenvalue weighted by Gasteiger charge is 2.18. The summed E-state index contributed by atoms with van der Waals surface area (Å²) >= 11 is 0. The van der Waals surface area contributed by atoms with Crippen LogP contribution in [0.3, 0.4) is 0 Å². The van der Waals surface area contributed by atoms with E-state index < -0.39 is 26.7 Å². The molecule has 2 N–H and O–H groups in total. The number of rotatable bonds is 6. The highest BCUT2D eigenvalue weighted by Crippen LogP contribution is 2.21. The van der Waals surface area contributed by atoms with Crippen LogP contribution in [0.2, 0.25) is 0 Å². The van der Waals surface area contributed by atoms with Crippen LogP contribution in [0.4, 0.5) is 21.5 Å². The maximum Gasteiger partial charge on any atom is 0.270 e. The summed E-state index contributed by atoms with van der Waals surface area (Å²) in [7, 11) is -4.07. The summed E-state index contributed by atoms with van der Waals surface area (Å²) in [5.41, 5.74) is 0.730. The predicted molar refractivity (Wildman–Crippen MR) is 109 cm³/mol. The standard InChI is InChI=1S/C20H16FN3O5S/c1-13-5-10-19(18(21)11-13)22-20(25)14-6-8-15(9-7-14)23-30(28,29)17-4-2-3-16(12-17)24(26)27/h2-12,23H,1H3,(H,22,25). The second kappa shape index (κ2) is 8.29. The minimum Gasteiger partial charge on any atom is -0.319 e. The third-order valence-electron chi connectivity index (χ3n) is 4.11. The van der Waals surface area contributed by atoms with E-state index in [2.05, 4.69) is 10.0 Å². The molecule has 0 aliphatic rings. The normalized spacial score (nSPS) is 11.0. The Hall–Kier alpha value is -3.79. The minimum absolute atomic E-state index is 0.0288. The molecule has 0 aliphatic heterocycles. The van der Waals surface area contributed by atoms with Crippen LogP contribution in [0.1, 0.15) is 15.9 Å². The molecule has 0 fully saturated rings. The van der Waals surface area contributed by atoms with Crippen LogP contribution in [0.25, 0.3) is 0 Å². The number of anilines is 2. The van der Waals surface area contributed by atoms with E-state index in [1.807, 2.05) is 0 Å². The first-order chi connectivity index (χ1) is 14.2. The van der Waals surface area contributed by atoms with Gasteiger partial charge in [0.2, 0.25) is 0 Å². The van der Waals surface area contributed by atoms with Gasteiger partial charge in [0.25, 0.3) is 21.6 Å². The van der Waals surface area contributed by atoms with Crippen LogP contribution < -0.4 is 10.0 Å². The molecule has 154 valence electrons. The lowest BCUT2D eigenvalue weighted by atomic mass is 10.1. The summed E-state index contributed by atoms with van der Waals surface area (Å²) in [6.45, 7) is 1.72. The van der Waals surface area contributed by atoms with Crippen LogP contribution in [0.5, 0.6) is 0 Å². The van der Waals surface area contributed by atoms with E-state index in [4.69, 9.17) is 0 Å². The molecule has 3 aromatic rings. The number of nitrogens with one attached hydrogen (secondary N) is 2. The molecule has 30 heavy (non-hydrogen) atoms. The number of amides is 1. The summed E-state index contributed by atoms with van der Waals surface area (Å²) in [5, 5.41) is 13.3. The smallest absolute Gasteiger partial charge is 0.270 e. The summed E-state index contributed by atoms with van der Waals surface area (Å²) in [6, 6.07) is 14.5. The molecule has 0 aliphatic carbocycles. The fraction of sp³-hybridized carbons (Fsp3) is 0.0500. The monoisotopic (exact) mass is 429 g/mol. The number of nitro benzene ring substituents is 1. The van der Waals surface area contributed by atoms with Crippen molar-refractivity contribution >= 4 is 33.0 Å². The van der Waals surface area contributed by atoms with Gasteiger partial charge in [0, 0.05) is 23.4 Å². The molecule has 0 heterocycles. The molecule has 0 saturated carbocycles. The largest absolute Gasteiger partial charge is 0.319 e. The van der Waals surface area contributed by atoms with Gasteiger partial charge in [-0.3, -0.25) is 19.6 Å². The van der Waals surface area contributed by atoms with E-state index in [9.17, 15) is 27.7 Å². The molecule has 0 spiro atoms. The Kier molecular flexibility index (Phi) is 5.79. The van der Waals surface area contributed by atoms with Crippen molar-refractivity contribution in [3.63, 3.8) is 0 Å². The highest BCUT2D eigenvalue weighted by molar-refractivity contribution is 7.92. The summed E-state index contributed by atoms with van der Waals surface area (Å²) in [5.74, 6) is -1.13. The van der Waals surface area contributed by atoms with Crippen LogP contribution in [-0.4, -0.2) is 19.2 Å². The Balaban J connectivity index is 1.74. The number of hydrogen-bond acceptors (Lipinski definition) is 5. The molecule has 3 rings (SSSR count). The van der Waals surface area contributed by atoms with Gasteiger partial charge in [0.05, 0.1) is 15.5 Å². The van der Waals surface area contributed by atoms with E-state index in [1.54, 1.807) is 13.0 Å². The molecule has 3 aromatic carbocycles. The number of benzene rings is 3. The molecule has 10 heteroatoms. The van der Waals surface area contributed by atoms with Crippen LogP contribution in [0, 0.1) is 22.9 Å². The van der Waals surface area contributed by atoms with E-state index >= 15 is 0 Å². The fourth-order valence-electron chi connectivity index (χ4n) is 2.58. The lowest BCUT2D eigenvalue weighted by molar-refractivity contribution is -0.385. The fourth-order valence-corrected chi connectivity index (χ4v) is 3.68. The Morgan fingerprint density at radius 3 is 2.37 bits per heavy atom. The zero-order valence-electron chi connectivity index (χ0n) is 15.6. The minimum atomic E-state index is -4.07. The van der Waals surface area contributed by atoms with Gasteiger partial charge in [-0.25, -0.2) is 12.8 Å². The molecular formula is C20H16FN3O5S. The number of aryl methyl sites for hydroxylation is 1. The van der Waals surface area contributed by atoms with Crippen molar-refractivity contribution in [2.75, 3.05) is 10.0 Å². The summed E-state index contributed by atoms with van der Waals surface area (Å²) in [6.07, 6.45) is 0. The van der Waals surface area contributed by atoms with Gasteiger partial charge in [-0.1, -0.05) is 12.1 Å². The van der Waals surface area contributed by atoms with Crippen molar-refractivity contribution in [3.05, 3.63) is 93.8 Å². The van der Waals surface area contributed by atoms with Gasteiger partial charge in [-0.2, -0.15) is 0 Å². The zero-order chi connectivity index (χ0) is 21.9. The van der Waals surface area contributed by atoms with Gasteiger partial charge in [-0.15, -0.1) is 0 Å². The van der Waals surface area contributed by atoms with Gasteiger partial charge < -0.3 is 5.32 Å². The molecule has 0 bridgehead atoms. The molecule has 0 aromatic heterocycles. The topological polar surface area (TPSA) is 118 Å². The van der Waals surface area contributed by atoms with Crippen molar-refractivity contribution in [2.45, 2.75) is 11.8 Å². The SMILES string of the molecule is Cc1ccc(NC(=O)c2ccc(NS(=O)(=O)c3cccc([N+](=O)[O-])c3)cc2)c(F)c1. The Morgan fingerprint density at radius 1 is 1.03 bits per heavy atom. The van der Waals surface area contributed by atoms with Crippen LogP contribution in [0.15, 0.2) is 71.6 Å². The van der Waals surface area contributed by atoms with Gasteiger partial charge in [-0.05, 0) is 55.0 Å². The maximum absolute atomic E-state index is 13.9. The highest BCUT2D eigenvalue weighted by atomic mass is 32.2. The quantitative estimate of drug-likeness (QED) is 0.452. The average molecular weight is 429 g/mol. The van der Waals surface area contributed by atoms with Gasteiger partial charge in [0.15, 0.2) is 0 Å². The number of non-ortho nitro benzene ring substituents is 1. The lowest BCUT2D eigenvalue weighted by Gasteiger charge is -2.10. The van der Waals surface area contributed by atoms with Crippen molar-refractivity contribution in [2.24, 2.45) is 0 Å². The third kappa shape index (κ3) is 4.78. The molecular weight excluding hydrogens is 413 g/mol. The number of carbonyl (C=O) groups is 1. The predicted octanol–water partition coefficient (Wildman–Crippen LogP) is 4.10. The van der Waals surface area contributed by atoms with E-state index in [0.717, 1.165) is 6.07 Å². The van der Waals surface area contributed by atoms with Crippen molar-refractivity contribution in [1.82, 2.24) is 0 Å². The first-order valence-electron chi connectivity index (χ1n) is 8.60. The molecule has 1 amide bonds. The Morgan fingerprint density at radius 2 is 1.73 bits per heavy atom. The van der Waals surface area contributed by atoms with E-state index in [0.29, 0.717) is 5.56 Å². The summed E-state index contributed by atoms with van der Waals surface area (Å²) in [4.78, 5) is 22.2. The second-order valence-corrected chi connectivity index (χ2v) is 8.06. The third-order valence-corrected chi connectivity index (χ3v) is 5.49. The first kappa shape index (κ1) is 20.9. The number of nitrogens with zero attached hydrogens (tertiary/aromatic N) is 1. The van der Waals surface area contributed by atoms with Crippen LogP contribution in [-0.2, 0) is 10.0 Å².